The Bertz CT molecular complexity index is 817. The van der Waals surface area contributed by atoms with Crippen LogP contribution in [-0.2, 0) is 11.3 Å². The van der Waals surface area contributed by atoms with E-state index in [0.29, 0.717) is 22.8 Å². The molecule has 24 heavy (non-hydrogen) atoms. The highest BCUT2D eigenvalue weighted by atomic mass is 16.5. The van der Waals surface area contributed by atoms with Crippen molar-refractivity contribution in [2.24, 2.45) is 4.99 Å². The number of ether oxygens (including phenoxy) is 1. The molecule has 1 aliphatic rings. The highest BCUT2D eigenvalue weighted by Gasteiger charge is 2.33. The summed E-state index contributed by atoms with van der Waals surface area (Å²) in [5.74, 6) is 0.338. The molecule has 0 saturated carbocycles. The summed E-state index contributed by atoms with van der Waals surface area (Å²) in [6, 6.07) is 8.06. The van der Waals surface area contributed by atoms with Crippen molar-refractivity contribution in [3.63, 3.8) is 0 Å². The van der Waals surface area contributed by atoms with Crippen LogP contribution in [0.1, 0.15) is 20.8 Å². The maximum absolute atomic E-state index is 11.2. The van der Waals surface area contributed by atoms with Gasteiger partial charge in [0.1, 0.15) is 17.0 Å². The first-order valence-corrected chi connectivity index (χ1v) is 7.52. The van der Waals surface area contributed by atoms with Gasteiger partial charge in [0, 0.05) is 24.7 Å². The summed E-state index contributed by atoms with van der Waals surface area (Å²) in [7, 11) is 0. The number of carbonyl (C=O) groups is 1. The molecular formula is C17H19N3O4. The van der Waals surface area contributed by atoms with Gasteiger partial charge in [-0.3, -0.25) is 9.36 Å². The van der Waals surface area contributed by atoms with Gasteiger partial charge in [0.2, 0.25) is 5.91 Å². The normalized spacial score (nSPS) is 15.2. The van der Waals surface area contributed by atoms with Gasteiger partial charge in [0.15, 0.2) is 11.8 Å². The molecule has 1 aromatic carbocycles. The van der Waals surface area contributed by atoms with E-state index in [1.54, 1.807) is 18.2 Å². The molecule has 126 valence electrons. The fraction of sp³-hybridized carbons (Fsp3) is 0.294. The number of fused-ring (bicyclic) bond motifs is 1. The lowest BCUT2D eigenvalue weighted by Crippen LogP contribution is -2.42. The van der Waals surface area contributed by atoms with Crippen molar-refractivity contribution in [1.82, 2.24) is 4.57 Å². The number of aromatic hydroxyl groups is 2. The Morgan fingerprint density at radius 3 is 2.54 bits per heavy atom. The third kappa shape index (κ3) is 2.92. The van der Waals surface area contributed by atoms with Crippen molar-refractivity contribution in [2.75, 3.05) is 5.32 Å². The number of amides is 1. The molecule has 0 saturated heterocycles. The number of aliphatic imine (C=N–C) groups is 1. The van der Waals surface area contributed by atoms with Crippen molar-refractivity contribution in [1.29, 1.82) is 0 Å². The Morgan fingerprint density at radius 2 is 1.92 bits per heavy atom. The number of nitrogens with one attached hydrogen (secondary N) is 1. The maximum Gasteiger partial charge on any atom is 0.221 e. The number of hydrogen-bond donors (Lipinski definition) is 3. The highest BCUT2D eigenvalue weighted by Crippen LogP contribution is 2.39. The Kier molecular flexibility index (Phi) is 3.71. The summed E-state index contributed by atoms with van der Waals surface area (Å²) in [6.07, 6.45) is 0. The predicted octanol–water partition coefficient (Wildman–Crippen LogP) is 2.80. The molecule has 0 fully saturated rings. The molecule has 1 aliphatic heterocycles. The van der Waals surface area contributed by atoms with Crippen molar-refractivity contribution in [3.8, 4) is 17.5 Å². The van der Waals surface area contributed by atoms with E-state index in [4.69, 9.17) is 4.74 Å². The van der Waals surface area contributed by atoms with Crippen molar-refractivity contribution in [2.45, 2.75) is 32.9 Å². The molecule has 0 atom stereocenters. The minimum Gasteiger partial charge on any atom is -0.494 e. The summed E-state index contributed by atoms with van der Waals surface area (Å²) in [5.41, 5.74) is 1.14. The fourth-order valence-corrected chi connectivity index (χ4v) is 2.57. The zero-order chi connectivity index (χ0) is 17.5. The van der Waals surface area contributed by atoms with E-state index >= 15 is 0 Å². The summed E-state index contributed by atoms with van der Waals surface area (Å²) < 4.78 is 7.34. The fourth-order valence-electron chi connectivity index (χ4n) is 2.57. The Balaban J connectivity index is 1.99. The topological polar surface area (TPSA) is 96.1 Å². The quantitative estimate of drug-likeness (QED) is 0.807. The zero-order valence-electron chi connectivity index (χ0n) is 13.7. The van der Waals surface area contributed by atoms with Crippen LogP contribution >= 0.6 is 0 Å². The molecule has 0 radical (unpaired) electrons. The number of aromatic nitrogens is 1. The van der Waals surface area contributed by atoms with E-state index in [9.17, 15) is 15.0 Å². The van der Waals surface area contributed by atoms with Crippen molar-refractivity contribution in [3.05, 3.63) is 30.3 Å². The first kappa shape index (κ1) is 15.9. The molecule has 3 N–H and O–H groups in total. The smallest absolute Gasteiger partial charge is 0.221 e. The standard InChI is InChI=1S/C17H19N3O4/c1-10(21)18-11-4-5-13-12(8-11)19-14(17(2,3)24-13)9-20-15(22)6-7-16(20)23/h4-8,22-23H,9H2,1-3H3,(H,18,21). The highest BCUT2D eigenvalue weighted by molar-refractivity contribution is 5.97. The van der Waals surface area contributed by atoms with Gasteiger partial charge in [-0.2, -0.15) is 0 Å². The average molecular weight is 329 g/mol. The maximum atomic E-state index is 11.2. The second kappa shape index (κ2) is 5.59. The summed E-state index contributed by atoms with van der Waals surface area (Å²) >= 11 is 0. The van der Waals surface area contributed by atoms with E-state index in [-0.39, 0.29) is 24.2 Å². The minimum absolute atomic E-state index is 0.0520. The van der Waals surface area contributed by atoms with Gasteiger partial charge in [-0.05, 0) is 32.0 Å². The van der Waals surface area contributed by atoms with Gasteiger partial charge in [-0.25, -0.2) is 4.99 Å². The summed E-state index contributed by atoms with van der Waals surface area (Å²) in [5, 5.41) is 22.4. The number of rotatable bonds is 3. The second-order valence-electron chi connectivity index (χ2n) is 6.17. The SMILES string of the molecule is CC(=O)Nc1ccc2c(c1)N=C(Cn1c(O)ccc1O)C(C)(C)O2. The molecule has 7 heteroatoms. The lowest BCUT2D eigenvalue weighted by Gasteiger charge is -2.33. The van der Waals surface area contributed by atoms with E-state index in [1.165, 1.54) is 23.6 Å². The molecule has 3 rings (SSSR count). The van der Waals surface area contributed by atoms with Crippen LogP contribution in [-0.4, -0.2) is 32.0 Å². The Hall–Kier alpha value is -2.96. The van der Waals surface area contributed by atoms with E-state index in [1.807, 2.05) is 13.8 Å². The average Bonchev–Trinajstić information content (AvgIpc) is 2.79. The van der Waals surface area contributed by atoms with Gasteiger partial charge >= 0.3 is 0 Å². The number of benzene rings is 1. The molecule has 0 bridgehead atoms. The van der Waals surface area contributed by atoms with Gasteiger partial charge < -0.3 is 20.3 Å². The van der Waals surface area contributed by atoms with Crippen LogP contribution in [0, 0.1) is 0 Å². The van der Waals surface area contributed by atoms with Crippen molar-refractivity contribution < 1.29 is 19.7 Å². The lowest BCUT2D eigenvalue weighted by atomic mass is 10.00. The van der Waals surface area contributed by atoms with Gasteiger partial charge in [-0.15, -0.1) is 0 Å². The van der Waals surface area contributed by atoms with Crippen LogP contribution in [0.2, 0.25) is 0 Å². The molecule has 1 amide bonds. The molecule has 2 heterocycles. The van der Waals surface area contributed by atoms with Crippen LogP contribution in [0.4, 0.5) is 11.4 Å². The van der Waals surface area contributed by atoms with Crippen LogP contribution in [0.3, 0.4) is 0 Å². The largest absolute Gasteiger partial charge is 0.494 e. The van der Waals surface area contributed by atoms with E-state index < -0.39 is 5.60 Å². The van der Waals surface area contributed by atoms with Crippen LogP contribution < -0.4 is 10.1 Å². The number of hydrogen-bond acceptors (Lipinski definition) is 5. The van der Waals surface area contributed by atoms with Crippen LogP contribution in [0.5, 0.6) is 17.5 Å². The Labute approximate surface area is 139 Å². The number of carbonyl (C=O) groups excluding carboxylic acids is 1. The van der Waals surface area contributed by atoms with Gasteiger partial charge in [-0.1, -0.05) is 0 Å². The summed E-state index contributed by atoms with van der Waals surface area (Å²) in [6.45, 7) is 5.36. The van der Waals surface area contributed by atoms with Gasteiger partial charge in [0.05, 0.1) is 12.3 Å². The molecule has 1 aromatic heterocycles. The van der Waals surface area contributed by atoms with Crippen molar-refractivity contribution >= 4 is 23.0 Å². The lowest BCUT2D eigenvalue weighted by molar-refractivity contribution is -0.114. The van der Waals surface area contributed by atoms with Crippen LogP contribution in [0.15, 0.2) is 35.3 Å². The predicted molar refractivity (Wildman–Crippen MR) is 90.3 cm³/mol. The van der Waals surface area contributed by atoms with E-state index in [2.05, 4.69) is 10.3 Å². The minimum atomic E-state index is -0.703. The van der Waals surface area contributed by atoms with E-state index in [0.717, 1.165) is 0 Å². The second-order valence-corrected chi connectivity index (χ2v) is 6.17. The third-order valence-corrected chi connectivity index (χ3v) is 3.84. The monoisotopic (exact) mass is 329 g/mol. The van der Waals surface area contributed by atoms with Gasteiger partial charge in [0.25, 0.3) is 0 Å². The number of nitrogens with zero attached hydrogens (tertiary/aromatic N) is 2. The third-order valence-electron chi connectivity index (χ3n) is 3.84. The zero-order valence-corrected chi connectivity index (χ0v) is 13.7. The first-order valence-electron chi connectivity index (χ1n) is 7.52. The van der Waals surface area contributed by atoms with Crippen LogP contribution in [0.25, 0.3) is 0 Å². The molecular weight excluding hydrogens is 310 g/mol. The molecule has 7 nitrogen and oxygen atoms in total. The first-order chi connectivity index (χ1) is 11.3. The molecule has 0 unspecified atom stereocenters. The molecule has 0 aliphatic carbocycles. The number of anilines is 1. The molecule has 2 aromatic rings. The summed E-state index contributed by atoms with van der Waals surface area (Å²) in [4.78, 5) is 15.8. The molecule has 0 spiro atoms. The Morgan fingerprint density at radius 1 is 1.25 bits per heavy atom.